The van der Waals surface area contributed by atoms with Crippen LogP contribution in [0.15, 0.2) is 9.39 Å². The van der Waals surface area contributed by atoms with Crippen LogP contribution in [-0.2, 0) is 4.79 Å². The number of aldehydes is 1. The van der Waals surface area contributed by atoms with Crippen LogP contribution >= 0.6 is 43.6 Å². The molecule has 0 N–H and O–H groups in total. The molecule has 0 radical (unpaired) electrons. The van der Waals surface area contributed by atoms with Crippen molar-refractivity contribution in [3.63, 3.8) is 0 Å². The number of halogens is 2. The summed E-state index contributed by atoms with van der Waals surface area (Å²) in [4.78, 5) is 12.0. The molecule has 0 aliphatic carbocycles. The summed E-state index contributed by atoms with van der Waals surface area (Å²) in [5.41, 5.74) is 0. The van der Waals surface area contributed by atoms with Crippen LogP contribution in [0.25, 0.3) is 0 Å². The van der Waals surface area contributed by atoms with Crippen molar-refractivity contribution in [3.8, 4) is 0 Å². The molecular formula is C7H8Br2OS. The van der Waals surface area contributed by atoms with E-state index in [0.717, 1.165) is 10.8 Å². The lowest BCUT2D eigenvalue weighted by Gasteiger charge is -2.19. The highest BCUT2D eigenvalue weighted by Gasteiger charge is 2.43. The molecule has 11 heavy (non-hydrogen) atoms. The Labute approximate surface area is 87.3 Å². The van der Waals surface area contributed by atoms with Crippen molar-refractivity contribution in [2.24, 2.45) is 0 Å². The minimum Gasteiger partial charge on any atom is -0.301 e. The lowest BCUT2D eigenvalue weighted by molar-refractivity contribution is -0.108. The lowest BCUT2D eigenvalue weighted by Crippen LogP contribution is -2.30. The lowest BCUT2D eigenvalue weighted by atomic mass is 10.1. The second kappa shape index (κ2) is 3.23. The van der Waals surface area contributed by atoms with E-state index in [1.54, 1.807) is 11.8 Å². The van der Waals surface area contributed by atoms with Crippen LogP contribution in [0.2, 0.25) is 0 Å². The van der Waals surface area contributed by atoms with Crippen LogP contribution in [0.3, 0.4) is 0 Å². The van der Waals surface area contributed by atoms with Gasteiger partial charge in [0.25, 0.3) is 0 Å². The van der Waals surface area contributed by atoms with Gasteiger partial charge in [-0.25, -0.2) is 0 Å². The van der Waals surface area contributed by atoms with Crippen LogP contribution < -0.4 is 0 Å². The molecule has 0 fully saturated rings. The van der Waals surface area contributed by atoms with Crippen molar-refractivity contribution >= 4 is 49.9 Å². The molecule has 1 nitrogen and oxygen atoms in total. The van der Waals surface area contributed by atoms with E-state index in [-0.39, 0.29) is 5.25 Å². The minimum absolute atomic E-state index is 0.273. The van der Waals surface area contributed by atoms with E-state index >= 15 is 0 Å². The first-order chi connectivity index (χ1) is 5.02. The Morgan fingerprint density at radius 3 is 2.45 bits per heavy atom. The van der Waals surface area contributed by atoms with Gasteiger partial charge >= 0.3 is 0 Å². The molecule has 0 bridgehead atoms. The number of alkyl halides is 1. The van der Waals surface area contributed by atoms with Gasteiger partial charge in [-0.15, -0.1) is 11.8 Å². The SMILES string of the molecule is CC1=C(Br)C(Br)(C=O)C(C)S1. The van der Waals surface area contributed by atoms with Crippen LogP contribution in [0.1, 0.15) is 13.8 Å². The third kappa shape index (κ3) is 1.45. The smallest absolute Gasteiger partial charge is 0.142 e. The topological polar surface area (TPSA) is 17.1 Å². The minimum atomic E-state index is -0.484. The molecule has 2 unspecified atom stereocenters. The van der Waals surface area contributed by atoms with Gasteiger partial charge in [0.15, 0.2) is 0 Å². The Balaban J connectivity index is 3.05. The van der Waals surface area contributed by atoms with Crippen molar-refractivity contribution in [1.82, 2.24) is 0 Å². The molecule has 0 aromatic heterocycles. The van der Waals surface area contributed by atoms with Gasteiger partial charge in [-0.05, 0) is 11.8 Å². The molecule has 1 heterocycles. The molecule has 0 amide bonds. The van der Waals surface area contributed by atoms with Crippen molar-refractivity contribution in [1.29, 1.82) is 0 Å². The number of rotatable bonds is 1. The largest absolute Gasteiger partial charge is 0.301 e. The van der Waals surface area contributed by atoms with E-state index in [2.05, 4.69) is 31.9 Å². The third-order valence-electron chi connectivity index (χ3n) is 1.76. The maximum atomic E-state index is 10.8. The fraction of sp³-hybridized carbons (Fsp3) is 0.571. The van der Waals surface area contributed by atoms with E-state index in [4.69, 9.17) is 0 Å². The zero-order valence-electron chi connectivity index (χ0n) is 6.23. The summed E-state index contributed by atoms with van der Waals surface area (Å²) in [7, 11) is 0. The van der Waals surface area contributed by atoms with Crippen LogP contribution in [0.5, 0.6) is 0 Å². The Kier molecular flexibility index (Phi) is 2.88. The molecule has 0 aromatic rings. The quantitative estimate of drug-likeness (QED) is 0.547. The summed E-state index contributed by atoms with van der Waals surface area (Å²) in [6.45, 7) is 4.04. The number of hydrogen-bond acceptors (Lipinski definition) is 2. The van der Waals surface area contributed by atoms with Gasteiger partial charge in [-0.2, -0.15) is 0 Å². The highest BCUT2D eigenvalue weighted by molar-refractivity contribution is 9.14. The van der Waals surface area contributed by atoms with Crippen molar-refractivity contribution in [3.05, 3.63) is 9.39 Å². The van der Waals surface area contributed by atoms with E-state index in [1.807, 2.05) is 13.8 Å². The Hall–Kier alpha value is 0.720. The Morgan fingerprint density at radius 2 is 2.27 bits per heavy atom. The van der Waals surface area contributed by atoms with Gasteiger partial charge in [-0.1, -0.05) is 38.8 Å². The van der Waals surface area contributed by atoms with Gasteiger partial charge in [0.1, 0.15) is 10.6 Å². The first kappa shape index (κ1) is 9.81. The Bertz CT molecular complexity index is 226. The van der Waals surface area contributed by atoms with Gasteiger partial charge in [0.05, 0.1) is 0 Å². The number of thioether (sulfide) groups is 1. The Morgan fingerprint density at radius 1 is 1.73 bits per heavy atom. The number of carbonyl (C=O) groups is 1. The second-order valence-corrected chi connectivity index (χ2v) is 6.18. The van der Waals surface area contributed by atoms with E-state index in [9.17, 15) is 4.79 Å². The van der Waals surface area contributed by atoms with Gasteiger partial charge in [0, 0.05) is 9.73 Å². The van der Waals surface area contributed by atoms with Crippen LogP contribution in [0.4, 0.5) is 0 Å². The first-order valence-electron chi connectivity index (χ1n) is 3.21. The average Bonchev–Trinajstić information content (AvgIpc) is 2.16. The molecule has 0 saturated carbocycles. The number of carbonyl (C=O) groups excluding carboxylic acids is 1. The van der Waals surface area contributed by atoms with Crippen LogP contribution in [0, 0.1) is 0 Å². The van der Waals surface area contributed by atoms with E-state index < -0.39 is 4.32 Å². The normalized spacial score (nSPS) is 38.0. The maximum absolute atomic E-state index is 10.8. The molecular weight excluding hydrogens is 292 g/mol. The molecule has 0 aromatic carbocycles. The fourth-order valence-corrected chi connectivity index (χ4v) is 3.72. The first-order valence-corrected chi connectivity index (χ1v) is 5.67. The maximum Gasteiger partial charge on any atom is 0.142 e. The van der Waals surface area contributed by atoms with Gasteiger partial charge < -0.3 is 4.79 Å². The van der Waals surface area contributed by atoms with Crippen molar-refractivity contribution < 1.29 is 4.79 Å². The molecule has 1 aliphatic rings. The fourth-order valence-electron chi connectivity index (χ4n) is 0.998. The third-order valence-corrected chi connectivity index (χ3v) is 6.66. The molecule has 4 heteroatoms. The van der Waals surface area contributed by atoms with E-state index in [0.29, 0.717) is 0 Å². The molecule has 62 valence electrons. The molecule has 1 aliphatic heterocycles. The highest BCUT2D eigenvalue weighted by Crippen LogP contribution is 2.50. The standard InChI is InChI=1S/C7H8Br2OS/c1-4-6(8)7(9,3-10)5(2)11-4/h3,5H,1-2H3. The molecule has 0 spiro atoms. The van der Waals surface area contributed by atoms with Gasteiger partial charge in [-0.3, -0.25) is 0 Å². The molecule has 0 saturated heterocycles. The van der Waals surface area contributed by atoms with Crippen molar-refractivity contribution in [2.45, 2.75) is 23.4 Å². The monoisotopic (exact) mass is 298 g/mol. The number of hydrogen-bond donors (Lipinski definition) is 0. The zero-order valence-corrected chi connectivity index (χ0v) is 10.2. The summed E-state index contributed by atoms with van der Waals surface area (Å²) in [5.74, 6) is 0. The zero-order chi connectivity index (χ0) is 8.65. The summed E-state index contributed by atoms with van der Waals surface area (Å²) in [6.07, 6.45) is 0.950. The summed E-state index contributed by atoms with van der Waals surface area (Å²) in [6, 6.07) is 0. The average molecular weight is 300 g/mol. The summed E-state index contributed by atoms with van der Waals surface area (Å²) < 4.78 is 0.486. The molecule has 2 atom stereocenters. The summed E-state index contributed by atoms with van der Waals surface area (Å²) in [5, 5.41) is 0.273. The van der Waals surface area contributed by atoms with Crippen molar-refractivity contribution in [2.75, 3.05) is 0 Å². The second-order valence-electron chi connectivity index (χ2n) is 2.52. The highest BCUT2D eigenvalue weighted by atomic mass is 79.9. The molecule has 1 rings (SSSR count). The number of allylic oxidation sites excluding steroid dienone is 2. The predicted octanol–water partition coefficient (Wildman–Crippen LogP) is 3.08. The van der Waals surface area contributed by atoms with Gasteiger partial charge in [0.2, 0.25) is 0 Å². The summed E-state index contributed by atoms with van der Waals surface area (Å²) >= 11 is 8.54. The predicted molar refractivity (Wildman–Crippen MR) is 56.4 cm³/mol. The van der Waals surface area contributed by atoms with E-state index in [1.165, 1.54) is 4.91 Å². The van der Waals surface area contributed by atoms with Crippen LogP contribution in [-0.4, -0.2) is 15.9 Å².